The third-order valence-electron chi connectivity index (χ3n) is 1.56. The molecule has 0 fully saturated rings. The Labute approximate surface area is 68.9 Å². The van der Waals surface area contributed by atoms with E-state index in [-0.39, 0.29) is 5.69 Å². The Balaban J connectivity index is 3.10. The van der Waals surface area contributed by atoms with Gasteiger partial charge in [-0.15, -0.1) is 0 Å². The lowest BCUT2D eigenvalue weighted by atomic mass is 10.2. The minimum absolute atomic E-state index is 0.0512. The van der Waals surface area contributed by atoms with Crippen LogP contribution in [-0.2, 0) is 6.67 Å². The van der Waals surface area contributed by atoms with Gasteiger partial charge < -0.3 is 5.11 Å². The predicted molar refractivity (Wildman–Crippen MR) is 40.7 cm³/mol. The molecule has 0 aliphatic rings. The van der Waals surface area contributed by atoms with Gasteiger partial charge in [-0.1, -0.05) is 6.07 Å². The van der Waals surface area contributed by atoms with Crippen molar-refractivity contribution in [3.8, 4) is 0 Å². The zero-order valence-corrected chi connectivity index (χ0v) is 6.54. The highest BCUT2D eigenvalue weighted by Gasteiger charge is 2.06. The molecule has 12 heavy (non-hydrogen) atoms. The number of halogens is 1. The fraction of sp³-hybridized carbons (Fsp3) is 0.250. The predicted octanol–water partition coefficient (Wildman–Crippen LogP) is 1.56. The van der Waals surface area contributed by atoms with E-state index in [1.165, 1.54) is 12.1 Å². The van der Waals surface area contributed by atoms with E-state index < -0.39 is 12.6 Å². The minimum Gasteiger partial charge on any atom is -0.477 e. The summed E-state index contributed by atoms with van der Waals surface area (Å²) in [5, 5.41) is 8.52. The van der Waals surface area contributed by atoms with Crippen molar-refractivity contribution in [2.45, 2.75) is 13.6 Å². The summed E-state index contributed by atoms with van der Waals surface area (Å²) in [6.07, 6.45) is 0. The van der Waals surface area contributed by atoms with E-state index in [2.05, 4.69) is 4.98 Å². The molecule has 0 unspecified atom stereocenters. The first-order valence-electron chi connectivity index (χ1n) is 3.41. The van der Waals surface area contributed by atoms with Crippen molar-refractivity contribution in [2.75, 3.05) is 0 Å². The minimum atomic E-state index is -1.09. The zero-order chi connectivity index (χ0) is 9.14. The van der Waals surface area contributed by atoms with Crippen molar-refractivity contribution in [1.29, 1.82) is 0 Å². The summed E-state index contributed by atoms with van der Waals surface area (Å²) in [6, 6.07) is 2.73. The third kappa shape index (κ3) is 1.58. The number of hydrogen-bond acceptors (Lipinski definition) is 2. The van der Waals surface area contributed by atoms with Crippen LogP contribution in [-0.4, -0.2) is 16.1 Å². The molecule has 1 aromatic rings. The number of aryl methyl sites for hydroxylation is 1. The molecule has 1 rings (SSSR count). The van der Waals surface area contributed by atoms with E-state index in [0.717, 1.165) is 0 Å². The van der Waals surface area contributed by atoms with Crippen LogP contribution in [0.1, 0.15) is 21.7 Å². The highest BCUT2D eigenvalue weighted by Crippen LogP contribution is 2.07. The number of carbonyl (C=O) groups is 1. The Bertz CT molecular complexity index is 312. The van der Waals surface area contributed by atoms with Crippen LogP contribution in [0.2, 0.25) is 0 Å². The normalized spacial score (nSPS) is 9.83. The van der Waals surface area contributed by atoms with E-state index in [4.69, 9.17) is 5.11 Å². The van der Waals surface area contributed by atoms with Crippen LogP contribution in [0, 0.1) is 6.92 Å². The fourth-order valence-electron chi connectivity index (χ4n) is 0.850. The maximum Gasteiger partial charge on any atom is 0.354 e. The Hall–Kier alpha value is -1.45. The summed E-state index contributed by atoms with van der Waals surface area (Å²) in [7, 11) is 0. The van der Waals surface area contributed by atoms with Gasteiger partial charge in [0.15, 0.2) is 0 Å². The van der Waals surface area contributed by atoms with E-state index in [1.54, 1.807) is 6.92 Å². The molecule has 0 amide bonds. The molecular formula is C8H8FNO2. The first-order chi connectivity index (χ1) is 5.65. The van der Waals surface area contributed by atoms with E-state index >= 15 is 0 Å². The number of nitrogens with zero attached hydrogens (tertiary/aromatic N) is 1. The number of rotatable bonds is 2. The molecule has 0 saturated carbocycles. The third-order valence-corrected chi connectivity index (χ3v) is 1.56. The van der Waals surface area contributed by atoms with Crippen molar-refractivity contribution in [2.24, 2.45) is 0 Å². The molecule has 0 aliphatic carbocycles. The van der Waals surface area contributed by atoms with Crippen molar-refractivity contribution >= 4 is 5.97 Å². The Morgan fingerprint density at radius 3 is 2.75 bits per heavy atom. The van der Waals surface area contributed by atoms with Gasteiger partial charge in [-0.25, -0.2) is 14.2 Å². The van der Waals surface area contributed by atoms with E-state index in [0.29, 0.717) is 11.3 Å². The summed E-state index contributed by atoms with van der Waals surface area (Å²) >= 11 is 0. The summed E-state index contributed by atoms with van der Waals surface area (Å²) in [6.45, 7) is 0.972. The van der Waals surface area contributed by atoms with Crippen LogP contribution in [0.4, 0.5) is 4.39 Å². The highest BCUT2D eigenvalue weighted by molar-refractivity contribution is 5.85. The Kier molecular flexibility index (Phi) is 2.38. The average molecular weight is 169 g/mol. The first-order valence-corrected chi connectivity index (χ1v) is 3.41. The van der Waals surface area contributed by atoms with Gasteiger partial charge in [0.05, 0.1) is 0 Å². The maximum absolute atomic E-state index is 12.1. The second-order valence-electron chi connectivity index (χ2n) is 2.38. The van der Waals surface area contributed by atoms with Crippen LogP contribution >= 0.6 is 0 Å². The van der Waals surface area contributed by atoms with Gasteiger partial charge >= 0.3 is 5.97 Å². The monoisotopic (exact) mass is 169 g/mol. The van der Waals surface area contributed by atoms with Crippen LogP contribution in [0.25, 0.3) is 0 Å². The number of carboxylic acid groups (broad SMARTS) is 1. The molecule has 1 N–H and O–H groups in total. The molecule has 4 heteroatoms. The van der Waals surface area contributed by atoms with Gasteiger partial charge in [-0.3, -0.25) is 0 Å². The molecular weight excluding hydrogens is 161 g/mol. The second-order valence-corrected chi connectivity index (χ2v) is 2.38. The zero-order valence-electron chi connectivity index (χ0n) is 6.54. The Morgan fingerprint density at radius 1 is 1.67 bits per heavy atom. The highest BCUT2D eigenvalue weighted by atomic mass is 19.1. The van der Waals surface area contributed by atoms with Crippen molar-refractivity contribution < 1.29 is 14.3 Å². The average Bonchev–Trinajstić information content (AvgIpc) is 2.04. The van der Waals surface area contributed by atoms with E-state index in [1.807, 2.05) is 0 Å². The second kappa shape index (κ2) is 3.30. The number of alkyl halides is 1. The van der Waals surface area contributed by atoms with Gasteiger partial charge in [-0.2, -0.15) is 0 Å². The van der Waals surface area contributed by atoms with Crippen molar-refractivity contribution in [3.05, 3.63) is 29.1 Å². The molecule has 0 saturated heterocycles. The quantitative estimate of drug-likeness (QED) is 0.730. The molecule has 1 heterocycles. The molecule has 1 aromatic heterocycles. The smallest absolute Gasteiger partial charge is 0.354 e. The molecule has 0 aliphatic heterocycles. The van der Waals surface area contributed by atoms with E-state index in [9.17, 15) is 9.18 Å². The van der Waals surface area contributed by atoms with Gasteiger partial charge in [0.25, 0.3) is 0 Å². The van der Waals surface area contributed by atoms with Gasteiger partial charge in [0.1, 0.15) is 12.4 Å². The van der Waals surface area contributed by atoms with Crippen LogP contribution in [0.15, 0.2) is 12.1 Å². The SMILES string of the molecule is Cc1nc(C(=O)O)ccc1CF. The number of carboxylic acids is 1. The summed E-state index contributed by atoms with van der Waals surface area (Å²) in [4.78, 5) is 14.1. The Morgan fingerprint density at radius 2 is 2.33 bits per heavy atom. The summed E-state index contributed by atoms with van der Waals surface area (Å²) in [5.41, 5.74) is 0.808. The number of aromatic nitrogens is 1. The molecule has 0 bridgehead atoms. The molecule has 0 radical (unpaired) electrons. The topological polar surface area (TPSA) is 50.2 Å². The largest absolute Gasteiger partial charge is 0.477 e. The first kappa shape index (κ1) is 8.64. The maximum atomic E-state index is 12.1. The molecule has 0 aromatic carbocycles. The lowest BCUT2D eigenvalue weighted by molar-refractivity contribution is 0.0690. The summed E-state index contributed by atoms with van der Waals surface area (Å²) < 4.78 is 12.1. The van der Waals surface area contributed by atoms with Crippen molar-refractivity contribution in [1.82, 2.24) is 4.98 Å². The van der Waals surface area contributed by atoms with Crippen molar-refractivity contribution in [3.63, 3.8) is 0 Å². The van der Waals surface area contributed by atoms with Gasteiger partial charge in [0, 0.05) is 11.3 Å². The molecule has 3 nitrogen and oxygen atoms in total. The lowest BCUT2D eigenvalue weighted by Crippen LogP contribution is -2.02. The van der Waals surface area contributed by atoms with Crippen LogP contribution in [0.3, 0.4) is 0 Å². The number of pyridine rings is 1. The molecule has 64 valence electrons. The molecule has 0 spiro atoms. The lowest BCUT2D eigenvalue weighted by Gasteiger charge is -2.00. The number of aromatic carboxylic acids is 1. The van der Waals surface area contributed by atoms with Gasteiger partial charge in [0.2, 0.25) is 0 Å². The fourth-order valence-corrected chi connectivity index (χ4v) is 0.850. The molecule has 0 atom stereocenters. The van der Waals surface area contributed by atoms with Gasteiger partial charge in [-0.05, 0) is 13.0 Å². The van der Waals surface area contributed by atoms with Crippen LogP contribution < -0.4 is 0 Å². The summed E-state index contributed by atoms with van der Waals surface area (Å²) in [5.74, 6) is -1.09. The number of hydrogen-bond donors (Lipinski definition) is 1. The van der Waals surface area contributed by atoms with Crippen LogP contribution in [0.5, 0.6) is 0 Å². The standard InChI is InChI=1S/C8H8FNO2/c1-5-6(4-9)2-3-7(10-5)8(11)12/h2-3H,4H2,1H3,(H,11,12).